The largest absolute Gasteiger partial charge is 0.496 e. The van der Waals surface area contributed by atoms with Crippen molar-refractivity contribution < 1.29 is 28.8 Å². The standard InChI is InChI=1S/C19H18N2O7/c1-11(22)14-6-4-5-7-16(14)20-18(23)12(2)28-19(24)15-10-13(21(25)26)8-9-17(15)27-3/h4-10,12H,1-3H3,(H,20,23)/t12-/m1/s1. The summed E-state index contributed by atoms with van der Waals surface area (Å²) in [5.41, 5.74) is 0.103. The lowest BCUT2D eigenvalue weighted by molar-refractivity contribution is -0.384. The number of esters is 1. The smallest absolute Gasteiger partial charge is 0.342 e. The van der Waals surface area contributed by atoms with Gasteiger partial charge in [-0.3, -0.25) is 19.7 Å². The lowest BCUT2D eigenvalue weighted by atomic mass is 10.1. The van der Waals surface area contributed by atoms with Crippen LogP contribution in [0.15, 0.2) is 42.5 Å². The van der Waals surface area contributed by atoms with Gasteiger partial charge in [-0.25, -0.2) is 4.79 Å². The van der Waals surface area contributed by atoms with Gasteiger partial charge in [-0.15, -0.1) is 0 Å². The van der Waals surface area contributed by atoms with Gasteiger partial charge in [0.1, 0.15) is 11.3 Å². The lowest BCUT2D eigenvalue weighted by Gasteiger charge is -2.15. The third kappa shape index (κ3) is 4.70. The minimum atomic E-state index is -1.23. The highest BCUT2D eigenvalue weighted by Gasteiger charge is 2.24. The molecule has 0 bridgehead atoms. The molecule has 2 aromatic rings. The molecule has 1 amide bonds. The molecule has 0 radical (unpaired) electrons. The predicted octanol–water partition coefficient (Wildman–Crippen LogP) is 2.99. The predicted molar refractivity (Wildman–Crippen MR) is 99.6 cm³/mol. The van der Waals surface area contributed by atoms with Crippen LogP contribution in [0, 0.1) is 10.1 Å². The number of carbonyl (C=O) groups excluding carboxylic acids is 3. The van der Waals surface area contributed by atoms with Crippen LogP contribution < -0.4 is 10.1 Å². The average Bonchev–Trinajstić information content (AvgIpc) is 2.67. The number of ketones is 1. The highest BCUT2D eigenvalue weighted by molar-refractivity contribution is 6.05. The Hall–Kier alpha value is -3.75. The number of ether oxygens (including phenoxy) is 2. The van der Waals surface area contributed by atoms with E-state index in [1.807, 2.05) is 0 Å². The van der Waals surface area contributed by atoms with Gasteiger partial charge in [0.05, 0.1) is 17.7 Å². The number of rotatable bonds is 7. The van der Waals surface area contributed by atoms with Crippen LogP contribution in [-0.2, 0) is 9.53 Å². The number of methoxy groups -OCH3 is 1. The number of non-ortho nitro benzene ring substituents is 1. The van der Waals surface area contributed by atoms with Gasteiger partial charge in [0.15, 0.2) is 11.9 Å². The van der Waals surface area contributed by atoms with Gasteiger partial charge in [-0.2, -0.15) is 0 Å². The quantitative estimate of drug-likeness (QED) is 0.336. The summed E-state index contributed by atoms with van der Waals surface area (Å²) >= 11 is 0. The minimum Gasteiger partial charge on any atom is -0.496 e. The molecule has 0 fully saturated rings. The lowest BCUT2D eigenvalue weighted by Crippen LogP contribution is -2.30. The van der Waals surface area contributed by atoms with Crippen molar-refractivity contribution in [2.45, 2.75) is 20.0 Å². The Kier molecular flexibility index (Phi) is 6.43. The van der Waals surface area contributed by atoms with Crippen molar-refractivity contribution in [2.75, 3.05) is 12.4 Å². The fourth-order valence-electron chi connectivity index (χ4n) is 2.38. The van der Waals surface area contributed by atoms with Crippen LogP contribution in [0.1, 0.15) is 34.6 Å². The molecule has 0 spiro atoms. The number of amides is 1. The van der Waals surface area contributed by atoms with E-state index in [0.717, 1.165) is 6.07 Å². The molecule has 0 aliphatic heterocycles. The normalized spacial score (nSPS) is 11.2. The third-order valence-corrected chi connectivity index (χ3v) is 3.83. The molecule has 2 aromatic carbocycles. The molecule has 146 valence electrons. The molecule has 0 saturated carbocycles. The van der Waals surface area contributed by atoms with Gasteiger partial charge in [0.25, 0.3) is 11.6 Å². The molecule has 0 unspecified atom stereocenters. The summed E-state index contributed by atoms with van der Waals surface area (Å²) in [6.07, 6.45) is -1.23. The zero-order chi connectivity index (χ0) is 20.8. The molecule has 2 rings (SSSR count). The fourth-order valence-corrected chi connectivity index (χ4v) is 2.38. The molecular formula is C19H18N2O7. The second kappa shape index (κ2) is 8.76. The summed E-state index contributed by atoms with van der Waals surface area (Å²) in [7, 11) is 1.30. The average molecular weight is 386 g/mol. The van der Waals surface area contributed by atoms with E-state index < -0.39 is 22.9 Å². The number of hydrogen-bond acceptors (Lipinski definition) is 7. The summed E-state index contributed by atoms with van der Waals surface area (Å²) in [6.45, 7) is 2.70. The van der Waals surface area contributed by atoms with Crippen LogP contribution in [0.4, 0.5) is 11.4 Å². The second-order valence-electron chi connectivity index (χ2n) is 5.78. The molecular weight excluding hydrogens is 368 g/mol. The maximum absolute atomic E-state index is 12.4. The Morgan fingerprint density at radius 3 is 2.39 bits per heavy atom. The summed E-state index contributed by atoms with van der Waals surface area (Å²) in [5.74, 6) is -1.78. The summed E-state index contributed by atoms with van der Waals surface area (Å²) < 4.78 is 10.1. The fraction of sp³-hybridized carbons (Fsp3) is 0.211. The summed E-state index contributed by atoms with van der Waals surface area (Å²) in [6, 6.07) is 9.87. The molecule has 0 saturated heterocycles. The van der Waals surface area contributed by atoms with Crippen LogP contribution in [-0.4, -0.2) is 35.8 Å². The molecule has 9 nitrogen and oxygen atoms in total. The van der Waals surface area contributed by atoms with Gasteiger partial charge in [-0.1, -0.05) is 12.1 Å². The van der Waals surface area contributed by atoms with Crippen LogP contribution in [0.5, 0.6) is 5.75 Å². The van der Waals surface area contributed by atoms with E-state index in [2.05, 4.69) is 5.32 Å². The number of anilines is 1. The summed E-state index contributed by atoms with van der Waals surface area (Å²) in [4.78, 5) is 46.6. The van der Waals surface area contributed by atoms with Crippen molar-refractivity contribution in [1.29, 1.82) is 0 Å². The first-order valence-corrected chi connectivity index (χ1v) is 8.18. The molecule has 1 atom stereocenters. The van der Waals surface area contributed by atoms with Crippen molar-refractivity contribution in [3.63, 3.8) is 0 Å². The Morgan fingerprint density at radius 2 is 1.79 bits per heavy atom. The van der Waals surface area contributed by atoms with Crippen LogP contribution in [0.3, 0.4) is 0 Å². The maximum atomic E-state index is 12.4. The molecule has 0 aromatic heterocycles. The summed E-state index contributed by atoms with van der Waals surface area (Å²) in [5, 5.41) is 13.4. The first-order valence-electron chi connectivity index (χ1n) is 8.18. The Bertz CT molecular complexity index is 940. The van der Waals surface area contributed by atoms with Crippen molar-refractivity contribution >= 4 is 29.0 Å². The zero-order valence-corrected chi connectivity index (χ0v) is 15.4. The third-order valence-electron chi connectivity index (χ3n) is 3.83. The van der Waals surface area contributed by atoms with E-state index >= 15 is 0 Å². The van der Waals surface area contributed by atoms with Crippen LogP contribution in [0.25, 0.3) is 0 Å². The topological polar surface area (TPSA) is 125 Å². The number of benzene rings is 2. The Morgan fingerprint density at radius 1 is 1.11 bits per heavy atom. The number of nitro benzene ring substituents is 1. The van der Waals surface area contributed by atoms with Crippen LogP contribution in [0.2, 0.25) is 0 Å². The van der Waals surface area contributed by atoms with E-state index in [9.17, 15) is 24.5 Å². The van der Waals surface area contributed by atoms with E-state index in [1.165, 1.54) is 33.1 Å². The molecule has 0 aliphatic rings. The molecule has 28 heavy (non-hydrogen) atoms. The van der Waals surface area contributed by atoms with E-state index in [1.54, 1.807) is 24.3 Å². The number of para-hydroxylation sites is 1. The van der Waals surface area contributed by atoms with E-state index in [-0.39, 0.29) is 28.5 Å². The minimum absolute atomic E-state index is 0.0742. The van der Waals surface area contributed by atoms with E-state index in [4.69, 9.17) is 9.47 Å². The van der Waals surface area contributed by atoms with Gasteiger partial charge in [0, 0.05) is 17.7 Å². The highest BCUT2D eigenvalue weighted by Crippen LogP contribution is 2.25. The molecule has 9 heteroatoms. The Balaban J connectivity index is 2.16. The highest BCUT2D eigenvalue weighted by atomic mass is 16.6. The molecule has 0 aliphatic carbocycles. The van der Waals surface area contributed by atoms with Gasteiger partial charge >= 0.3 is 5.97 Å². The number of nitro groups is 1. The first kappa shape index (κ1) is 20.6. The molecule has 0 heterocycles. The van der Waals surface area contributed by atoms with Gasteiger partial charge in [0.2, 0.25) is 0 Å². The van der Waals surface area contributed by atoms with Crippen molar-refractivity contribution in [1.82, 2.24) is 0 Å². The van der Waals surface area contributed by atoms with Crippen molar-refractivity contribution in [2.24, 2.45) is 0 Å². The first-order chi connectivity index (χ1) is 13.2. The number of Topliss-reactive ketones (excluding diaryl/α,β-unsaturated/α-hetero) is 1. The SMILES string of the molecule is COc1ccc([N+](=O)[O-])cc1C(=O)O[C@H](C)C(=O)Nc1ccccc1C(C)=O. The monoisotopic (exact) mass is 386 g/mol. The number of carbonyl (C=O) groups is 3. The number of nitrogens with zero attached hydrogens (tertiary/aromatic N) is 1. The van der Waals surface area contributed by atoms with Crippen molar-refractivity contribution in [3.8, 4) is 5.75 Å². The zero-order valence-electron chi connectivity index (χ0n) is 15.4. The van der Waals surface area contributed by atoms with Crippen molar-refractivity contribution in [3.05, 3.63) is 63.7 Å². The Labute approximate surface area is 160 Å². The van der Waals surface area contributed by atoms with E-state index in [0.29, 0.717) is 5.56 Å². The van der Waals surface area contributed by atoms with Crippen LogP contribution >= 0.6 is 0 Å². The number of hydrogen-bond donors (Lipinski definition) is 1. The second-order valence-corrected chi connectivity index (χ2v) is 5.78. The number of nitrogens with one attached hydrogen (secondary N) is 1. The van der Waals surface area contributed by atoms with Gasteiger partial charge in [-0.05, 0) is 32.0 Å². The van der Waals surface area contributed by atoms with Gasteiger partial charge < -0.3 is 14.8 Å². The molecule has 1 N–H and O–H groups in total. The maximum Gasteiger partial charge on any atom is 0.342 e.